The van der Waals surface area contributed by atoms with Gasteiger partial charge < -0.3 is 15.0 Å². The first-order valence-corrected chi connectivity index (χ1v) is 8.55. The number of carbonyl (C=O) groups is 1. The summed E-state index contributed by atoms with van der Waals surface area (Å²) in [7, 11) is 2.07. The highest BCUT2D eigenvalue weighted by Crippen LogP contribution is 2.17. The summed E-state index contributed by atoms with van der Waals surface area (Å²) in [6, 6.07) is 8.39. The van der Waals surface area contributed by atoms with Gasteiger partial charge in [0, 0.05) is 11.6 Å². The Bertz CT molecular complexity index is 507. The van der Waals surface area contributed by atoms with E-state index in [2.05, 4.69) is 31.1 Å². The second-order valence-electron chi connectivity index (χ2n) is 6.48. The molecule has 4 nitrogen and oxygen atoms in total. The van der Waals surface area contributed by atoms with Crippen molar-refractivity contribution in [2.75, 3.05) is 13.7 Å². The minimum atomic E-state index is -0.0488. The SMILES string of the molecule is C=CCOc1ccc(C[NH+](C)[C@@H](C)C(=O)NC2CCCC2)cc1. The van der Waals surface area contributed by atoms with E-state index in [9.17, 15) is 4.79 Å². The molecule has 1 amide bonds. The third-order valence-corrected chi connectivity index (χ3v) is 4.61. The Morgan fingerprint density at radius 2 is 2.04 bits per heavy atom. The summed E-state index contributed by atoms with van der Waals surface area (Å²) in [5.74, 6) is 1.01. The molecule has 4 heteroatoms. The molecule has 0 bridgehead atoms. The van der Waals surface area contributed by atoms with Gasteiger partial charge in [-0.3, -0.25) is 4.79 Å². The number of carbonyl (C=O) groups excluding carboxylic acids is 1. The number of benzene rings is 1. The van der Waals surface area contributed by atoms with Gasteiger partial charge in [0.2, 0.25) is 0 Å². The van der Waals surface area contributed by atoms with Crippen LogP contribution in [-0.4, -0.2) is 31.6 Å². The molecule has 1 aromatic rings. The molecular weight excluding hydrogens is 288 g/mol. The number of hydrogen-bond acceptors (Lipinski definition) is 2. The van der Waals surface area contributed by atoms with Crippen LogP contribution in [-0.2, 0) is 11.3 Å². The van der Waals surface area contributed by atoms with Crippen LogP contribution >= 0.6 is 0 Å². The number of rotatable bonds is 8. The lowest BCUT2D eigenvalue weighted by molar-refractivity contribution is -0.908. The topological polar surface area (TPSA) is 42.8 Å². The number of nitrogens with one attached hydrogen (secondary N) is 2. The zero-order valence-corrected chi connectivity index (χ0v) is 14.3. The van der Waals surface area contributed by atoms with Crippen LogP contribution in [0.15, 0.2) is 36.9 Å². The van der Waals surface area contributed by atoms with Gasteiger partial charge in [-0.2, -0.15) is 0 Å². The largest absolute Gasteiger partial charge is 0.490 e. The maximum absolute atomic E-state index is 12.3. The van der Waals surface area contributed by atoms with Crippen molar-refractivity contribution in [1.29, 1.82) is 0 Å². The number of likely N-dealkylation sites (N-methyl/N-ethyl adjacent to an activating group) is 1. The fraction of sp³-hybridized carbons (Fsp3) is 0.526. The lowest BCUT2D eigenvalue weighted by Crippen LogP contribution is -3.12. The van der Waals surface area contributed by atoms with E-state index in [1.807, 2.05) is 19.1 Å². The molecule has 0 saturated heterocycles. The summed E-state index contributed by atoms with van der Waals surface area (Å²) in [5.41, 5.74) is 1.20. The summed E-state index contributed by atoms with van der Waals surface area (Å²) in [6.07, 6.45) is 6.47. The molecule has 1 aliphatic carbocycles. The maximum Gasteiger partial charge on any atom is 0.278 e. The fourth-order valence-corrected chi connectivity index (χ4v) is 2.95. The van der Waals surface area contributed by atoms with Gasteiger partial charge in [0.25, 0.3) is 5.91 Å². The molecule has 0 aliphatic heterocycles. The molecule has 126 valence electrons. The average Bonchev–Trinajstić information content (AvgIpc) is 3.06. The number of amides is 1. The van der Waals surface area contributed by atoms with Gasteiger partial charge >= 0.3 is 0 Å². The van der Waals surface area contributed by atoms with E-state index in [1.54, 1.807) is 6.08 Å². The highest BCUT2D eigenvalue weighted by molar-refractivity contribution is 5.80. The van der Waals surface area contributed by atoms with Crippen LogP contribution in [0.1, 0.15) is 38.2 Å². The molecular formula is C19H29N2O2+. The Balaban J connectivity index is 1.83. The first-order chi connectivity index (χ1) is 11.1. The molecule has 23 heavy (non-hydrogen) atoms. The van der Waals surface area contributed by atoms with E-state index in [1.165, 1.54) is 23.3 Å². The molecule has 1 aromatic carbocycles. The van der Waals surface area contributed by atoms with Crippen molar-refractivity contribution in [2.45, 2.75) is 51.2 Å². The first kappa shape index (κ1) is 17.5. The molecule has 0 spiro atoms. The minimum absolute atomic E-state index is 0.0488. The molecule has 1 fully saturated rings. The first-order valence-electron chi connectivity index (χ1n) is 8.55. The summed E-state index contributed by atoms with van der Waals surface area (Å²) < 4.78 is 5.49. The van der Waals surface area contributed by atoms with E-state index in [4.69, 9.17) is 4.74 Å². The Morgan fingerprint density at radius 1 is 1.39 bits per heavy atom. The van der Waals surface area contributed by atoms with E-state index in [0.717, 1.165) is 25.1 Å². The van der Waals surface area contributed by atoms with Gasteiger partial charge in [-0.15, -0.1) is 0 Å². The maximum atomic E-state index is 12.3. The smallest absolute Gasteiger partial charge is 0.278 e. The number of quaternary nitrogens is 1. The van der Waals surface area contributed by atoms with E-state index in [-0.39, 0.29) is 11.9 Å². The Morgan fingerprint density at radius 3 is 2.65 bits per heavy atom. The van der Waals surface area contributed by atoms with Crippen LogP contribution < -0.4 is 15.0 Å². The summed E-state index contributed by atoms with van der Waals surface area (Å²) in [4.78, 5) is 13.5. The lowest BCUT2D eigenvalue weighted by atomic mass is 10.1. The quantitative estimate of drug-likeness (QED) is 0.717. The molecule has 1 aliphatic rings. The van der Waals surface area contributed by atoms with Gasteiger partial charge in [0.15, 0.2) is 6.04 Å². The number of ether oxygens (including phenoxy) is 1. The monoisotopic (exact) mass is 317 g/mol. The van der Waals surface area contributed by atoms with Crippen molar-refractivity contribution in [3.8, 4) is 5.75 Å². The second-order valence-corrected chi connectivity index (χ2v) is 6.48. The Labute approximate surface area is 139 Å². The van der Waals surface area contributed by atoms with Crippen molar-refractivity contribution in [2.24, 2.45) is 0 Å². The molecule has 0 heterocycles. The molecule has 1 unspecified atom stereocenters. The van der Waals surface area contributed by atoms with E-state index < -0.39 is 0 Å². The molecule has 1 saturated carbocycles. The van der Waals surface area contributed by atoms with E-state index in [0.29, 0.717) is 12.6 Å². The van der Waals surface area contributed by atoms with Gasteiger partial charge in [0.05, 0.1) is 7.05 Å². The van der Waals surface area contributed by atoms with Crippen molar-refractivity contribution < 1.29 is 14.4 Å². The van der Waals surface area contributed by atoms with Crippen molar-refractivity contribution in [1.82, 2.24) is 5.32 Å². The highest BCUT2D eigenvalue weighted by Gasteiger charge is 2.25. The third-order valence-electron chi connectivity index (χ3n) is 4.61. The van der Waals surface area contributed by atoms with Gasteiger partial charge in [-0.1, -0.05) is 25.5 Å². The van der Waals surface area contributed by atoms with Crippen LogP contribution in [0.2, 0.25) is 0 Å². The van der Waals surface area contributed by atoms with E-state index >= 15 is 0 Å². The summed E-state index contributed by atoms with van der Waals surface area (Å²) in [6.45, 7) is 6.98. The summed E-state index contributed by atoms with van der Waals surface area (Å²) >= 11 is 0. The molecule has 2 N–H and O–H groups in total. The minimum Gasteiger partial charge on any atom is -0.490 e. The standard InChI is InChI=1S/C19H28N2O2/c1-4-13-23-18-11-9-16(10-12-18)14-21(3)15(2)19(22)20-17-7-5-6-8-17/h4,9-12,15,17H,1,5-8,13-14H2,2-3H3,(H,20,22)/p+1/t15-/m0/s1. The summed E-state index contributed by atoms with van der Waals surface area (Å²) in [5, 5.41) is 3.19. The molecule has 2 atom stereocenters. The van der Waals surface area contributed by atoms with Gasteiger partial charge in [0.1, 0.15) is 18.9 Å². The lowest BCUT2D eigenvalue weighted by Gasteiger charge is -2.23. The predicted molar refractivity (Wildman–Crippen MR) is 92.6 cm³/mol. The molecule has 0 aromatic heterocycles. The average molecular weight is 317 g/mol. The van der Waals surface area contributed by atoms with Crippen LogP contribution in [0.3, 0.4) is 0 Å². The third kappa shape index (κ3) is 5.39. The van der Waals surface area contributed by atoms with Crippen LogP contribution in [0.5, 0.6) is 5.75 Å². The van der Waals surface area contributed by atoms with Gasteiger partial charge in [-0.25, -0.2) is 0 Å². The second kappa shape index (κ2) is 8.73. The Hall–Kier alpha value is -1.81. The van der Waals surface area contributed by atoms with Crippen molar-refractivity contribution in [3.05, 3.63) is 42.5 Å². The van der Waals surface area contributed by atoms with Gasteiger partial charge in [-0.05, 0) is 44.0 Å². The van der Waals surface area contributed by atoms with Crippen LogP contribution in [0.4, 0.5) is 0 Å². The molecule has 0 radical (unpaired) electrons. The van der Waals surface area contributed by atoms with Crippen LogP contribution in [0, 0.1) is 0 Å². The van der Waals surface area contributed by atoms with Crippen molar-refractivity contribution >= 4 is 5.91 Å². The normalized spacial score (nSPS) is 17.5. The molecule has 2 rings (SSSR count). The van der Waals surface area contributed by atoms with Crippen molar-refractivity contribution in [3.63, 3.8) is 0 Å². The predicted octanol–water partition coefficient (Wildman–Crippen LogP) is 1.71. The number of hydrogen-bond donors (Lipinski definition) is 2. The van der Waals surface area contributed by atoms with Crippen LogP contribution in [0.25, 0.3) is 0 Å². The zero-order chi connectivity index (χ0) is 16.7. The Kier molecular flexibility index (Phi) is 6.66. The highest BCUT2D eigenvalue weighted by atomic mass is 16.5. The zero-order valence-electron chi connectivity index (χ0n) is 14.3. The fourth-order valence-electron chi connectivity index (χ4n) is 2.95.